The number of halogens is 2. The highest BCUT2D eigenvalue weighted by molar-refractivity contribution is 6.31. The van der Waals surface area contributed by atoms with Crippen LogP contribution in [0.4, 0.5) is 0 Å². The van der Waals surface area contributed by atoms with Gasteiger partial charge in [0, 0.05) is 21.7 Å². The van der Waals surface area contributed by atoms with Crippen LogP contribution in [-0.4, -0.2) is 5.78 Å². The van der Waals surface area contributed by atoms with Crippen LogP contribution in [0.15, 0.2) is 72.5 Å². The van der Waals surface area contributed by atoms with Gasteiger partial charge in [0.05, 0.1) is 5.56 Å². The number of hydrogen-bond acceptors (Lipinski definition) is 3. The fraction of sp³-hybridized carbons (Fsp3) is 0.0455. The zero-order chi connectivity index (χ0) is 18.8. The molecule has 0 atom stereocenters. The maximum absolute atomic E-state index is 12.5. The number of Topliss-reactive ketones (excluding diaryl/α,β-unsaturated/α-hetero) is 1. The van der Waals surface area contributed by atoms with Crippen molar-refractivity contribution in [2.75, 3.05) is 0 Å². The molecule has 0 saturated heterocycles. The molecule has 0 aromatic heterocycles. The fourth-order valence-corrected chi connectivity index (χ4v) is 3.06. The Kier molecular flexibility index (Phi) is 4.88. The third-order valence-electron chi connectivity index (χ3n) is 4.16. The molecule has 0 radical (unpaired) electrons. The van der Waals surface area contributed by atoms with E-state index in [-0.39, 0.29) is 11.5 Å². The summed E-state index contributed by atoms with van der Waals surface area (Å²) in [5, 5.41) is 1.29. The summed E-state index contributed by atoms with van der Waals surface area (Å²) in [6.07, 6.45) is 1.70. The molecular weight excluding hydrogens is 383 g/mol. The van der Waals surface area contributed by atoms with Gasteiger partial charge in [-0.3, -0.25) is 4.79 Å². The predicted octanol–water partition coefficient (Wildman–Crippen LogP) is 6.19. The van der Waals surface area contributed by atoms with Gasteiger partial charge in [-0.25, -0.2) is 0 Å². The summed E-state index contributed by atoms with van der Waals surface area (Å²) in [6, 6.07) is 19.9. The van der Waals surface area contributed by atoms with Crippen molar-refractivity contribution in [2.24, 2.45) is 0 Å². The molecule has 1 heterocycles. The summed E-state index contributed by atoms with van der Waals surface area (Å²) in [6.45, 7) is 0.333. The Morgan fingerprint density at radius 3 is 2.52 bits per heavy atom. The third kappa shape index (κ3) is 3.85. The van der Waals surface area contributed by atoms with E-state index in [1.54, 1.807) is 36.4 Å². The number of carbonyl (C=O) groups excluding carboxylic acids is 1. The van der Waals surface area contributed by atoms with Crippen LogP contribution >= 0.6 is 23.2 Å². The molecule has 0 spiro atoms. The van der Waals surface area contributed by atoms with Crippen molar-refractivity contribution in [1.29, 1.82) is 0 Å². The summed E-state index contributed by atoms with van der Waals surface area (Å²) in [4.78, 5) is 12.5. The van der Waals surface area contributed by atoms with Gasteiger partial charge in [-0.15, -0.1) is 0 Å². The molecule has 4 rings (SSSR count). The summed E-state index contributed by atoms with van der Waals surface area (Å²) in [5.41, 5.74) is 2.24. The van der Waals surface area contributed by atoms with Crippen molar-refractivity contribution in [3.05, 3.63) is 99.2 Å². The number of benzene rings is 3. The van der Waals surface area contributed by atoms with E-state index in [0.717, 1.165) is 11.1 Å². The summed E-state index contributed by atoms with van der Waals surface area (Å²) in [5.74, 6) is 1.21. The van der Waals surface area contributed by atoms with Crippen LogP contribution in [-0.2, 0) is 6.61 Å². The number of rotatable bonds is 4. The molecule has 1 aliphatic rings. The first-order valence-electron chi connectivity index (χ1n) is 8.30. The fourth-order valence-electron chi connectivity index (χ4n) is 2.74. The van der Waals surface area contributed by atoms with Crippen molar-refractivity contribution in [3.63, 3.8) is 0 Å². The second-order valence-electron chi connectivity index (χ2n) is 6.03. The van der Waals surface area contributed by atoms with E-state index in [2.05, 4.69) is 0 Å². The van der Waals surface area contributed by atoms with Crippen molar-refractivity contribution in [3.8, 4) is 11.5 Å². The molecule has 0 fully saturated rings. The topological polar surface area (TPSA) is 35.5 Å². The van der Waals surface area contributed by atoms with E-state index >= 15 is 0 Å². The Bertz CT molecular complexity index is 1040. The number of ketones is 1. The van der Waals surface area contributed by atoms with Gasteiger partial charge >= 0.3 is 0 Å². The number of ether oxygens (including phenoxy) is 2. The van der Waals surface area contributed by atoms with Crippen molar-refractivity contribution < 1.29 is 14.3 Å². The second-order valence-corrected chi connectivity index (χ2v) is 6.87. The Morgan fingerprint density at radius 2 is 1.74 bits per heavy atom. The van der Waals surface area contributed by atoms with Crippen molar-refractivity contribution in [2.45, 2.75) is 6.61 Å². The highest BCUT2D eigenvalue weighted by atomic mass is 35.5. The molecule has 134 valence electrons. The van der Waals surface area contributed by atoms with Crippen LogP contribution in [0.1, 0.15) is 21.5 Å². The maximum atomic E-state index is 12.5. The number of hydrogen-bond donors (Lipinski definition) is 0. The monoisotopic (exact) mass is 396 g/mol. The molecule has 3 aromatic rings. The molecule has 5 heteroatoms. The van der Waals surface area contributed by atoms with Gasteiger partial charge in [0.2, 0.25) is 5.78 Å². The summed E-state index contributed by atoms with van der Waals surface area (Å²) < 4.78 is 11.5. The zero-order valence-electron chi connectivity index (χ0n) is 14.1. The normalized spacial score (nSPS) is 14.1. The van der Waals surface area contributed by atoms with Crippen LogP contribution in [0.25, 0.3) is 6.08 Å². The van der Waals surface area contributed by atoms with Crippen molar-refractivity contribution >= 4 is 35.1 Å². The van der Waals surface area contributed by atoms with Gasteiger partial charge in [-0.05, 0) is 42.0 Å². The van der Waals surface area contributed by atoms with E-state index in [1.807, 2.05) is 36.4 Å². The number of allylic oxidation sites excluding steroid dienone is 1. The van der Waals surface area contributed by atoms with E-state index < -0.39 is 0 Å². The minimum Gasteiger partial charge on any atom is -0.489 e. The van der Waals surface area contributed by atoms with E-state index in [0.29, 0.717) is 33.7 Å². The lowest BCUT2D eigenvalue weighted by Crippen LogP contribution is -1.98. The van der Waals surface area contributed by atoms with E-state index in [4.69, 9.17) is 32.7 Å². The van der Waals surface area contributed by atoms with Gasteiger partial charge < -0.3 is 9.47 Å². The first-order chi connectivity index (χ1) is 13.1. The molecule has 0 unspecified atom stereocenters. The van der Waals surface area contributed by atoms with Gasteiger partial charge in [0.25, 0.3) is 0 Å². The van der Waals surface area contributed by atoms with Crippen molar-refractivity contribution in [1.82, 2.24) is 0 Å². The molecule has 0 N–H and O–H groups in total. The molecular formula is C22H14Cl2O3. The largest absolute Gasteiger partial charge is 0.489 e. The second kappa shape index (κ2) is 7.47. The molecule has 0 amide bonds. The van der Waals surface area contributed by atoms with Crippen LogP contribution in [0.2, 0.25) is 10.0 Å². The highest BCUT2D eigenvalue weighted by Gasteiger charge is 2.27. The molecule has 3 aromatic carbocycles. The standard InChI is InChI=1S/C22H14Cl2O3/c23-16-7-5-14(6-8-16)11-21-22(25)18-10-9-17(12-20(18)27-21)26-13-15-3-1-2-4-19(15)24/h1-12H,13H2/b21-11-. The average Bonchev–Trinajstić information content (AvgIpc) is 2.98. The van der Waals surface area contributed by atoms with Crippen LogP contribution in [0.5, 0.6) is 11.5 Å². The highest BCUT2D eigenvalue weighted by Crippen LogP contribution is 2.35. The first-order valence-corrected chi connectivity index (χ1v) is 9.06. The smallest absolute Gasteiger partial charge is 0.231 e. The lowest BCUT2D eigenvalue weighted by Gasteiger charge is -2.08. The molecule has 0 aliphatic carbocycles. The van der Waals surface area contributed by atoms with E-state index in [1.165, 1.54) is 0 Å². The zero-order valence-corrected chi connectivity index (χ0v) is 15.6. The SMILES string of the molecule is O=C1/C(=C/c2ccc(Cl)cc2)Oc2cc(OCc3ccccc3Cl)ccc21. The minimum absolute atomic E-state index is 0.155. The Labute approximate surface area is 166 Å². The molecule has 0 saturated carbocycles. The van der Waals surface area contributed by atoms with Gasteiger partial charge in [0.15, 0.2) is 5.76 Å². The predicted molar refractivity (Wildman–Crippen MR) is 107 cm³/mol. The Hall–Kier alpha value is -2.75. The molecule has 1 aliphatic heterocycles. The quantitative estimate of drug-likeness (QED) is 0.493. The number of fused-ring (bicyclic) bond motifs is 1. The molecule has 27 heavy (non-hydrogen) atoms. The van der Waals surface area contributed by atoms with E-state index in [9.17, 15) is 4.79 Å². The molecule has 0 bridgehead atoms. The Morgan fingerprint density at radius 1 is 0.963 bits per heavy atom. The first kappa shape index (κ1) is 17.7. The number of carbonyl (C=O) groups is 1. The van der Waals surface area contributed by atoms with Crippen LogP contribution < -0.4 is 9.47 Å². The van der Waals surface area contributed by atoms with Gasteiger partial charge in [0.1, 0.15) is 18.1 Å². The lowest BCUT2D eigenvalue weighted by atomic mass is 10.1. The van der Waals surface area contributed by atoms with Gasteiger partial charge in [-0.2, -0.15) is 0 Å². The minimum atomic E-state index is -0.155. The molecule has 3 nitrogen and oxygen atoms in total. The summed E-state index contributed by atoms with van der Waals surface area (Å²) in [7, 11) is 0. The van der Waals surface area contributed by atoms with Crippen LogP contribution in [0.3, 0.4) is 0 Å². The third-order valence-corrected chi connectivity index (χ3v) is 4.78. The lowest BCUT2D eigenvalue weighted by molar-refractivity contribution is 0.101. The summed E-state index contributed by atoms with van der Waals surface area (Å²) >= 11 is 12.0. The average molecular weight is 397 g/mol. The van der Waals surface area contributed by atoms with Crippen LogP contribution in [0, 0.1) is 0 Å². The maximum Gasteiger partial charge on any atom is 0.231 e. The Balaban J connectivity index is 1.52. The van der Waals surface area contributed by atoms with Gasteiger partial charge in [-0.1, -0.05) is 53.5 Å².